The minimum atomic E-state index is -0.798. The lowest BCUT2D eigenvalue weighted by molar-refractivity contribution is -0.167. The topological polar surface area (TPSA) is 78.9 Å². The van der Waals surface area contributed by atoms with Crippen LogP contribution in [0, 0.1) is 0 Å². The van der Waals surface area contributed by atoms with Crippen LogP contribution in [0.2, 0.25) is 0 Å². The molecule has 0 spiro atoms. The van der Waals surface area contributed by atoms with Crippen LogP contribution in [-0.4, -0.2) is 37.2 Å². The number of hydrogen-bond acceptors (Lipinski definition) is 6. The number of esters is 3. The molecule has 1 unspecified atom stereocenters. The zero-order valence-electron chi connectivity index (χ0n) is 43.2. The molecule has 0 aliphatic heterocycles. The first-order chi connectivity index (χ1) is 32.5. The Morgan fingerprint density at radius 1 is 0.318 bits per heavy atom. The summed E-state index contributed by atoms with van der Waals surface area (Å²) in [5, 5.41) is 0. The summed E-state index contributed by atoms with van der Waals surface area (Å²) in [4.78, 5) is 38.1. The van der Waals surface area contributed by atoms with Gasteiger partial charge in [-0.15, -0.1) is 0 Å². The lowest BCUT2D eigenvalue weighted by Gasteiger charge is -2.18. The van der Waals surface area contributed by atoms with E-state index in [4.69, 9.17) is 14.2 Å². The standard InChI is InChI=1S/C60H102O6/c1-4-7-10-13-16-19-22-25-27-29-30-31-33-35-38-41-44-47-50-53-59(62)65-56-57(55-64-58(61)52-49-46-43-40-37-34-24-21-18-15-12-9-6-3)66-60(63)54-51-48-45-42-39-36-32-28-26-23-20-17-14-11-8-5-2/h9,12,16,18-21,23,25,27-28,32,34,37,57H,4-8,10-11,13-15,17,22,24,26,29-31,33,35-36,38-56H2,1-3H3/b12-9-,19-16-,21-18-,23-20-,27-25-,32-28-,37-34-. The predicted molar refractivity (Wildman–Crippen MR) is 284 cm³/mol. The quantitative estimate of drug-likeness (QED) is 0.0262. The van der Waals surface area contributed by atoms with Crippen LogP contribution in [0.1, 0.15) is 258 Å². The normalized spacial score (nSPS) is 12.7. The van der Waals surface area contributed by atoms with Gasteiger partial charge in [-0.25, -0.2) is 0 Å². The molecule has 0 bridgehead atoms. The SMILES string of the molecule is CC/C=C\C/C=C\C/C=C\CCCCCC(=O)OCC(COC(=O)CCCCCCCCCCC/C=C\C/C=C\CCCCC)OC(=O)CCCCCCC/C=C\C/C=C\CCCCCC. The van der Waals surface area contributed by atoms with E-state index in [1.54, 1.807) is 0 Å². The van der Waals surface area contributed by atoms with E-state index in [2.05, 4.69) is 106 Å². The predicted octanol–water partition coefficient (Wildman–Crippen LogP) is 18.4. The summed E-state index contributed by atoms with van der Waals surface area (Å²) in [6.07, 6.45) is 70.0. The van der Waals surface area contributed by atoms with Crippen LogP contribution >= 0.6 is 0 Å². The van der Waals surface area contributed by atoms with Gasteiger partial charge in [0.15, 0.2) is 6.10 Å². The minimum absolute atomic E-state index is 0.0942. The fourth-order valence-corrected chi connectivity index (χ4v) is 7.46. The van der Waals surface area contributed by atoms with Gasteiger partial charge >= 0.3 is 17.9 Å². The molecule has 0 N–H and O–H groups in total. The summed E-state index contributed by atoms with van der Waals surface area (Å²) in [5.74, 6) is -0.940. The first-order valence-corrected chi connectivity index (χ1v) is 27.6. The Labute approximate surface area is 407 Å². The van der Waals surface area contributed by atoms with Crippen molar-refractivity contribution in [3.8, 4) is 0 Å². The highest BCUT2D eigenvalue weighted by molar-refractivity contribution is 5.71. The van der Waals surface area contributed by atoms with E-state index in [1.807, 2.05) is 0 Å². The molecule has 0 radical (unpaired) electrons. The monoisotopic (exact) mass is 919 g/mol. The first kappa shape index (κ1) is 62.6. The lowest BCUT2D eigenvalue weighted by Crippen LogP contribution is -2.30. The maximum Gasteiger partial charge on any atom is 0.306 e. The molecular weight excluding hydrogens is 817 g/mol. The van der Waals surface area contributed by atoms with Gasteiger partial charge in [0, 0.05) is 19.3 Å². The van der Waals surface area contributed by atoms with Crippen molar-refractivity contribution in [2.45, 2.75) is 264 Å². The molecule has 0 fully saturated rings. The molecular formula is C60H102O6. The molecule has 0 aromatic rings. The fraction of sp³-hybridized carbons (Fsp3) is 0.717. The Kier molecular flexibility index (Phi) is 51.4. The Balaban J connectivity index is 4.42. The number of carbonyl (C=O) groups excluding carboxylic acids is 3. The molecule has 0 heterocycles. The number of carbonyl (C=O) groups is 3. The number of ether oxygens (including phenoxy) is 3. The van der Waals surface area contributed by atoms with Crippen molar-refractivity contribution in [2.24, 2.45) is 0 Å². The van der Waals surface area contributed by atoms with Gasteiger partial charge in [0.25, 0.3) is 0 Å². The molecule has 378 valence electrons. The van der Waals surface area contributed by atoms with Crippen molar-refractivity contribution in [1.82, 2.24) is 0 Å². The van der Waals surface area contributed by atoms with E-state index >= 15 is 0 Å². The zero-order chi connectivity index (χ0) is 47.9. The van der Waals surface area contributed by atoms with Crippen LogP contribution in [0.5, 0.6) is 0 Å². The van der Waals surface area contributed by atoms with Gasteiger partial charge in [-0.3, -0.25) is 14.4 Å². The van der Waals surface area contributed by atoms with Gasteiger partial charge < -0.3 is 14.2 Å². The van der Waals surface area contributed by atoms with Crippen molar-refractivity contribution >= 4 is 17.9 Å². The largest absolute Gasteiger partial charge is 0.462 e. The summed E-state index contributed by atoms with van der Waals surface area (Å²) >= 11 is 0. The van der Waals surface area contributed by atoms with Gasteiger partial charge in [0.1, 0.15) is 13.2 Å². The summed E-state index contributed by atoms with van der Waals surface area (Å²) in [6.45, 7) is 6.45. The van der Waals surface area contributed by atoms with E-state index in [9.17, 15) is 14.4 Å². The van der Waals surface area contributed by atoms with Crippen molar-refractivity contribution in [2.75, 3.05) is 13.2 Å². The maximum atomic E-state index is 12.8. The fourth-order valence-electron chi connectivity index (χ4n) is 7.46. The highest BCUT2D eigenvalue weighted by Crippen LogP contribution is 2.14. The van der Waals surface area contributed by atoms with Gasteiger partial charge in [-0.2, -0.15) is 0 Å². The second-order valence-electron chi connectivity index (χ2n) is 18.1. The van der Waals surface area contributed by atoms with Crippen LogP contribution < -0.4 is 0 Å². The van der Waals surface area contributed by atoms with Crippen LogP contribution in [0.3, 0.4) is 0 Å². The molecule has 6 heteroatoms. The van der Waals surface area contributed by atoms with Crippen LogP contribution in [0.15, 0.2) is 85.1 Å². The van der Waals surface area contributed by atoms with Crippen molar-refractivity contribution in [1.29, 1.82) is 0 Å². The van der Waals surface area contributed by atoms with Crippen LogP contribution in [0.25, 0.3) is 0 Å². The van der Waals surface area contributed by atoms with E-state index in [0.717, 1.165) is 116 Å². The van der Waals surface area contributed by atoms with Crippen molar-refractivity contribution in [3.63, 3.8) is 0 Å². The zero-order valence-corrected chi connectivity index (χ0v) is 43.2. The highest BCUT2D eigenvalue weighted by Gasteiger charge is 2.19. The minimum Gasteiger partial charge on any atom is -0.462 e. The molecule has 6 nitrogen and oxygen atoms in total. The lowest BCUT2D eigenvalue weighted by atomic mass is 10.1. The molecule has 0 aliphatic rings. The average molecular weight is 919 g/mol. The Morgan fingerprint density at radius 3 is 0.970 bits per heavy atom. The Bertz CT molecular complexity index is 1290. The summed E-state index contributed by atoms with van der Waals surface area (Å²) < 4.78 is 16.8. The van der Waals surface area contributed by atoms with Crippen LogP contribution in [0.4, 0.5) is 0 Å². The van der Waals surface area contributed by atoms with Gasteiger partial charge in [0.2, 0.25) is 0 Å². The summed E-state index contributed by atoms with van der Waals surface area (Å²) in [6, 6.07) is 0. The highest BCUT2D eigenvalue weighted by atomic mass is 16.6. The Morgan fingerprint density at radius 2 is 0.591 bits per heavy atom. The smallest absolute Gasteiger partial charge is 0.306 e. The molecule has 0 rings (SSSR count). The third kappa shape index (κ3) is 51.6. The molecule has 0 saturated carbocycles. The van der Waals surface area contributed by atoms with Gasteiger partial charge in [0.05, 0.1) is 0 Å². The van der Waals surface area contributed by atoms with E-state index in [1.165, 1.54) is 103 Å². The first-order valence-electron chi connectivity index (χ1n) is 27.6. The van der Waals surface area contributed by atoms with Gasteiger partial charge in [-0.1, -0.05) is 209 Å². The molecule has 0 amide bonds. The number of hydrogen-bond donors (Lipinski definition) is 0. The maximum absolute atomic E-state index is 12.8. The number of allylic oxidation sites excluding steroid dienone is 14. The third-order valence-corrected chi connectivity index (χ3v) is 11.6. The summed E-state index contributed by atoms with van der Waals surface area (Å²) in [5.41, 5.74) is 0. The molecule has 0 aromatic heterocycles. The second-order valence-corrected chi connectivity index (χ2v) is 18.1. The second kappa shape index (κ2) is 54.2. The van der Waals surface area contributed by atoms with Crippen LogP contribution in [-0.2, 0) is 28.6 Å². The Hall–Kier alpha value is -3.41. The summed E-state index contributed by atoms with van der Waals surface area (Å²) in [7, 11) is 0. The van der Waals surface area contributed by atoms with Crippen molar-refractivity contribution in [3.05, 3.63) is 85.1 Å². The third-order valence-electron chi connectivity index (χ3n) is 11.6. The molecule has 66 heavy (non-hydrogen) atoms. The average Bonchev–Trinajstić information content (AvgIpc) is 3.31. The molecule has 0 saturated heterocycles. The molecule has 1 atom stereocenters. The van der Waals surface area contributed by atoms with E-state index in [0.29, 0.717) is 19.3 Å². The van der Waals surface area contributed by atoms with Gasteiger partial charge in [-0.05, 0) is 116 Å². The van der Waals surface area contributed by atoms with Crippen molar-refractivity contribution < 1.29 is 28.6 Å². The number of rotatable bonds is 49. The van der Waals surface area contributed by atoms with E-state index < -0.39 is 6.10 Å². The molecule has 0 aromatic carbocycles. The molecule has 0 aliphatic carbocycles. The van der Waals surface area contributed by atoms with E-state index in [-0.39, 0.29) is 31.1 Å². The number of unbranched alkanes of at least 4 members (excludes halogenated alkanes) is 24.